The van der Waals surface area contributed by atoms with E-state index in [1.165, 1.54) is 12.1 Å². The van der Waals surface area contributed by atoms with E-state index in [0.29, 0.717) is 22.6 Å². The second-order valence-corrected chi connectivity index (χ2v) is 6.14. The molecule has 0 unspecified atom stereocenters. The van der Waals surface area contributed by atoms with Crippen LogP contribution in [0.4, 0.5) is 9.18 Å². The molecule has 0 aliphatic carbocycles. The van der Waals surface area contributed by atoms with Crippen LogP contribution >= 0.6 is 0 Å². The highest BCUT2D eigenvalue weighted by molar-refractivity contribution is 6.07. The molecule has 2 aliphatic rings. The lowest BCUT2D eigenvalue weighted by Gasteiger charge is -2.22. The Hall–Kier alpha value is -3.09. The molecule has 2 heterocycles. The van der Waals surface area contributed by atoms with Gasteiger partial charge in [0.25, 0.3) is 5.91 Å². The van der Waals surface area contributed by atoms with Gasteiger partial charge in [-0.1, -0.05) is 18.2 Å². The highest BCUT2D eigenvalue weighted by Gasteiger charge is 2.49. The molecule has 0 saturated carbocycles. The number of urea groups is 1. The molecule has 3 amide bonds. The summed E-state index contributed by atoms with van der Waals surface area (Å²) in [6.07, 6.45) is 0. The Bertz CT molecular complexity index is 885. The van der Waals surface area contributed by atoms with Crippen molar-refractivity contribution in [2.75, 3.05) is 6.79 Å². The summed E-state index contributed by atoms with van der Waals surface area (Å²) in [4.78, 5) is 26.3. The van der Waals surface area contributed by atoms with Crippen molar-refractivity contribution in [1.82, 2.24) is 10.2 Å². The van der Waals surface area contributed by atoms with Crippen LogP contribution in [0.15, 0.2) is 42.5 Å². The molecule has 128 valence electrons. The summed E-state index contributed by atoms with van der Waals surface area (Å²) in [7, 11) is 0. The highest BCUT2D eigenvalue weighted by atomic mass is 19.1. The smallest absolute Gasteiger partial charge is 0.325 e. The maximum Gasteiger partial charge on any atom is 0.325 e. The topological polar surface area (TPSA) is 67.9 Å². The van der Waals surface area contributed by atoms with Gasteiger partial charge in [-0.3, -0.25) is 9.69 Å². The summed E-state index contributed by atoms with van der Waals surface area (Å²) in [6, 6.07) is 10.4. The minimum Gasteiger partial charge on any atom is -0.454 e. The molecular formula is C18H15FN2O4. The molecule has 0 bridgehead atoms. The highest BCUT2D eigenvalue weighted by Crippen LogP contribution is 2.38. The van der Waals surface area contributed by atoms with Gasteiger partial charge in [-0.15, -0.1) is 0 Å². The number of fused-ring (bicyclic) bond motifs is 1. The van der Waals surface area contributed by atoms with E-state index in [9.17, 15) is 14.0 Å². The average Bonchev–Trinajstić information content (AvgIpc) is 3.13. The number of benzene rings is 2. The van der Waals surface area contributed by atoms with Crippen molar-refractivity contribution in [3.63, 3.8) is 0 Å². The number of hydrogen-bond donors (Lipinski definition) is 1. The van der Waals surface area contributed by atoms with Crippen LogP contribution in [0.2, 0.25) is 0 Å². The molecule has 25 heavy (non-hydrogen) atoms. The first-order valence-electron chi connectivity index (χ1n) is 7.76. The number of hydrogen-bond acceptors (Lipinski definition) is 4. The van der Waals surface area contributed by atoms with Crippen molar-refractivity contribution >= 4 is 11.9 Å². The van der Waals surface area contributed by atoms with Gasteiger partial charge < -0.3 is 14.8 Å². The number of rotatable bonds is 3. The molecule has 0 aromatic heterocycles. The van der Waals surface area contributed by atoms with Gasteiger partial charge in [0.05, 0.1) is 6.54 Å². The van der Waals surface area contributed by atoms with E-state index in [0.717, 1.165) is 4.90 Å². The number of carbonyl (C=O) groups is 2. The Balaban J connectivity index is 1.63. The lowest BCUT2D eigenvalue weighted by atomic mass is 9.91. The van der Waals surface area contributed by atoms with Gasteiger partial charge in [-0.2, -0.15) is 0 Å². The summed E-state index contributed by atoms with van der Waals surface area (Å²) < 4.78 is 24.0. The SMILES string of the molecule is C[C@@]1(c2ccc3c(c2)OCO3)NC(=O)N(Cc2cccc(F)c2)C1=O. The first-order chi connectivity index (χ1) is 12.0. The van der Waals surface area contributed by atoms with Gasteiger partial charge in [0, 0.05) is 0 Å². The fourth-order valence-electron chi connectivity index (χ4n) is 3.06. The average molecular weight is 342 g/mol. The Kier molecular flexibility index (Phi) is 3.38. The van der Waals surface area contributed by atoms with Gasteiger partial charge in [-0.05, 0) is 42.3 Å². The second-order valence-electron chi connectivity index (χ2n) is 6.14. The molecule has 1 N–H and O–H groups in total. The number of halogens is 1. The third kappa shape index (κ3) is 2.48. The fraction of sp³-hybridized carbons (Fsp3) is 0.222. The van der Waals surface area contributed by atoms with Crippen LogP contribution in [0.3, 0.4) is 0 Å². The van der Waals surface area contributed by atoms with Gasteiger partial charge in [0.15, 0.2) is 11.5 Å². The van der Waals surface area contributed by atoms with E-state index < -0.39 is 23.3 Å². The molecule has 6 nitrogen and oxygen atoms in total. The Morgan fingerprint density at radius 3 is 2.76 bits per heavy atom. The standard InChI is InChI=1S/C18H15FN2O4/c1-18(12-5-6-14-15(8-12)25-10-24-14)16(22)21(17(23)20-18)9-11-3-2-4-13(19)7-11/h2-8H,9-10H2,1H3,(H,20,23)/t18-/m0/s1. The van der Waals surface area contributed by atoms with Gasteiger partial charge in [-0.25, -0.2) is 9.18 Å². The normalized spacial score (nSPS) is 21.6. The third-order valence-corrected chi connectivity index (χ3v) is 4.45. The van der Waals surface area contributed by atoms with Gasteiger partial charge in [0.1, 0.15) is 11.4 Å². The van der Waals surface area contributed by atoms with Crippen LogP contribution in [0.5, 0.6) is 11.5 Å². The molecule has 4 rings (SSSR count). The van der Waals surface area contributed by atoms with Crippen LogP contribution in [0.25, 0.3) is 0 Å². The minimum atomic E-state index is -1.22. The lowest BCUT2D eigenvalue weighted by molar-refractivity contribution is -0.131. The molecule has 1 fully saturated rings. The lowest BCUT2D eigenvalue weighted by Crippen LogP contribution is -2.40. The summed E-state index contributed by atoms with van der Waals surface area (Å²) in [5, 5.41) is 2.72. The van der Waals surface area contributed by atoms with E-state index in [2.05, 4.69) is 5.32 Å². The van der Waals surface area contributed by atoms with E-state index >= 15 is 0 Å². The van der Waals surface area contributed by atoms with Gasteiger partial charge in [0.2, 0.25) is 6.79 Å². The van der Waals surface area contributed by atoms with Crippen molar-refractivity contribution < 1.29 is 23.5 Å². The predicted octanol–water partition coefficient (Wildman–Crippen LogP) is 2.52. The Morgan fingerprint density at radius 1 is 1.16 bits per heavy atom. The molecule has 0 spiro atoms. The number of amides is 3. The summed E-state index contributed by atoms with van der Waals surface area (Å²) in [5.41, 5.74) is -0.0824. The third-order valence-electron chi connectivity index (χ3n) is 4.45. The minimum absolute atomic E-state index is 0.00255. The summed E-state index contributed by atoms with van der Waals surface area (Å²) in [6.45, 7) is 1.76. The van der Waals surface area contributed by atoms with E-state index in [4.69, 9.17) is 9.47 Å². The number of nitrogens with one attached hydrogen (secondary N) is 1. The number of imide groups is 1. The first-order valence-corrected chi connectivity index (χ1v) is 7.76. The maximum atomic E-state index is 13.3. The molecule has 2 aliphatic heterocycles. The van der Waals surface area contributed by atoms with E-state index in [-0.39, 0.29) is 13.3 Å². The van der Waals surface area contributed by atoms with Crippen LogP contribution in [0, 0.1) is 5.82 Å². The molecule has 0 radical (unpaired) electrons. The Labute approximate surface area is 143 Å². The molecule has 1 saturated heterocycles. The van der Waals surface area contributed by atoms with Crippen molar-refractivity contribution in [2.24, 2.45) is 0 Å². The summed E-state index contributed by atoms with van der Waals surface area (Å²) >= 11 is 0. The molecule has 2 aromatic rings. The molecule has 7 heteroatoms. The maximum absolute atomic E-state index is 13.3. The zero-order valence-electron chi connectivity index (χ0n) is 13.4. The number of ether oxygens (including phenoxy) is 2. The quantitative estimate of drug-likeness (QED) is 0.871. The predicted molar refractivity (Wildman–Crippen MR) is 85.4 cm³/mol. The van der Waals surface area contributed by atoms with E-state index in [1.807, 2.05) is 0 Å². The molecule has 1 atom stereocenters. The monoisotopic (exact) mass is 342 g/mol. The van der Waals surface area contributed by atoms with Crippen molar-refractivity contribution in [3.8, 4) is 11.5 Å². The van der Waals surface area contributed by atoms with Crippen molar-refractivity contribution in [2.45, 2.75) is 19.0 Å². The molecular weight excluding hydrogens is 327 g/mol. The fourth-order valence-corrected chi connectivity index (χ4v) is 3.06. The van der Waals surface area contributed by atoms with Gasteiger partial charge >= 0.3 is 6.03 Å². The number of nitrogens with zero attached hydrogens (tertiary/aromatic N) is 1. The largest absolute Gasteiger partial charge is 0.454 e. The van der Waals surface area contributed by atoms with E-state index in [1.54, 1.807) is 37.3 Å². The van der Waals surface area contributed by atoms with Crippen LogP contribution in [-0.2, 0) is 16.9 Å². The first kappa shape index (κ1) is 15.4. The second kappa shape index (κ2) is 5.47. The zero-order valence-corrected chi connectivity index (χ0v) is 13.4. The zero-order chi connectivity index (χ0) is 17.6. The van der Waals surface area contributed by atoms with Crippen molar-refractivity contribution in [3.05, 3.63) is 59.4 Å². The van der Waals surface area contributed by atoms with Crippen LogP contribution in [0.1, 0.15) is 18.1 Å². The molecule has 2 aromatic carbocycles. The number of carbonyl (C=O) groups excluding carboxylic acids is 2. The van der Waals surface area contributed by atoms with Crippen molar-refractivity contribution in [1.29, 1.82) is 0 Å². The van der Waals surface area contributed by atoms with Crippen LogP contribution in [-0.4, -0.2) is 23.6 Å². The Morgan fingerprint density at radius 2 is 1.96 bits per heavy atom. The van der Waals surface area contributed by atoms with Crippen LogP contribution < -0.4 is 14.8 Å². The summed E-state index contributed by atoms with van der Waals surface area (Å²) in [5.74, 6) is 0.314.